The first-order valence-corrected chi connectivity index (χ1v) is 7.62. The van der Waals surface area contributed by atoms with Gasteiger partial charge in [0.25, 0.3) is 10.0 Å². The third kappa shape index (κ3) is 2.11. The quantitative estimate of drug-likeness (QED) is 0.846. The van der Waals surface area contributed by atoms with Crippen LogP contribution in [-0.4, -0.2) is 25.2 Å². The molecule has 3 atom stereocenters. The van der Waals surface area contributed by atoms with E-state index in [1.807, 2.05) is 0 Å². The number of H-pyrrole nitrogens is 1. The second kappa shape index (κ2) is 4.10. The van der Waals surface area contributed by atoms with Gasteiger partial charge in [-0.3, -0.25) is 5.10 Å². The molecule has 0 aliphatic heterocycles. The molecular weight excluding hydrogens is 238 g/mol. The van der Waals surface area contributed by atoms with Gasteiger partial charge in [0, 0.05) is 6.54 Å². The number of aromatic amines is 1. The van der Waals surface area contributed by atoms with Gasteiger partial charge in [0.05, 0.1) is 6.20 Å². The average molecular weight is 255 g/mol. The van der Waals surface area contributed by atoms with Crippen molar-refractivity contribution in [1.29, 1.82) is 0 Å². The lowest BCUT2D eigenvalue weighted by molar-refractivity contribution is 0.332. The zero-order chi connectivity index (χ0) is 11.9. The largest absolute Gasteiger partial charge is 0.266 e. The minimum absolute atomic E-state index is 0.153. The molecule has 0 saturated heterocycles. The standard InChI is InChI=1S/C11H17N3O2S/c15-17(16,11-3-4-12-14-11)13-7-10-6-8-1-2-9(10)5-8/h3-4,8-10,13H,1-2,5-7H2,(H,12,14). The fraction of sp³-hybridized carbons (Fsp3) is 0.727. The molecule has 1 aromatic heterocycles. The summed E-state index contributed by atoms with van der Waals surface area (Å²) >= 11 is 0. The maximum absolute atomic E-state index is 11.9. The Morgan fingerprint density at radius 2 is 2.29 bits per heavy atom. The molecule has 3 rings (SSSR count). The molecule has 2 aliphatic carbocycles. The summed E-state index contributed by atoms with van der Waals surface area (Å²) in [5.41, 5.74) is 0. The van der Waals surface area contributed by atoms with E-state index in [1.54, 1.807) is 0 Å². The Hall–Kier alpha value is -0.880. The lowest BCUT2D eigenvalue weighted by Crippen LogP contribution is -2.31. The summed E-state index contributed by atoms with van der Waals surface area (Å²) < 4.78 is 26.4. The highest BCUT2D eigenvalue weighted by Gasteiger charge is 2.39. The van der Waals surface area contributed by atoms with Gasteiger partial charge in [0.2, 0.25) is 0 Å². The predicted octanol–water partition coefficient (Wildman–Crippen LogP) is 1.12. The van der Waals surface area contributed by atoms with Gasteiger partial charge in [-0.1, -0.05) is 6.42 Å². The van der Waals surface area contributed by atoms with Crippen molar-refractivity contribution in [3.8, 4) is 0 Å². The first-order chi connectivity index (χ1) is 8.15. The van der Waals surface area contributed by atoms with E-state index in [1.165, 1.54) is 37.9 Å². The fourth-order valence-corrected chi connectivity index (χ4v) is 4.32. The summed E-state index contributed by atoms with van der Waals surface area (Å²) in [6, 6.07) is 1.48. The van der Waals surface area contributed by atoms with Gasteiger partial charge in [-0.15, -0.1) is 0 Å². The van der Waals surface area contributed by atoms with Crippen LogP contribution in [0.15, 0.2) is 17.3 Å². The van der Waals surface area contributed by atoms with Crippen molar-refractivity contribution in [2.45, 2.75) is 30.7 Å². The molecule has 3 unspecified atom stereocenters. The Morgan fingerprint density at radius 1 is 1.41 bits per heavy atom. The van der Waals surface area contributed by atoms with Crippen LogP contribution >= 0.6 is 0 Å². The van der Waals surface area contributed by atoms with Gasteiger partial charge in [0.1, 0.15) is 0 Å². The van der Waals surface area contributed by atoms with Gasteiger partial charge < -0.3 is 0 Å². The molecule has 2 bridgehead atoms. The molecule has 5 nitrogen and oxygen atoms in total. The average Bonchev–Trinajstić information content (AvgIpc) is 3.02. The highest BCUT2D eigenvalue weighted by Crippen LogP contribution is 2.47. The topological polar surface area (TPSA) is 74.8 Å². The first kappa shape index (κ1) is 11.2. The van der Waals surface area contributed by atoms with E-state index in [4.69, 9.17) is 0 Å². The summed E-state index contributed by atoms with van der Waals surface area (Å²) in [5.74, 6) is 2.12. The summed E-state index contributed by atoms with van der Waals surface area (Å²) in [4.78, 5) is 0. The normalized spacial score (nSPS) is 32.1. The van der Waals surface area contributed by atoms with Crippen LogP contribution in [0.25, 0.3) is 0 Å². The van der Waals surface area contributed by atoms with Crippen LogP contribution in [0.3, 0.4) is 0 Å². The molecule has 2 saturated carbocycles. The number of hydrogen-bond acceptors (Lipinski definition) is 3. The van der Waals surface area contributed by atoms with Crippen LogP contribution < -0.4 is 4.72 Å². The van der Waals surface area contributed by atoms with Crippen LogP contribution in [0.1, 0.15) is 25.7 Å². The maximum Gasteiger partial charge on any atom is 0.257 e. The van der Waals surface area contributed by atoms with E-state index in [0.717, 1.165) is 11.8 Å². The Labute approximate surface area is 101 Å². The third-order valence-corrected chi connectivity index (χ3v) is 5.54. The highest BCUT2D eigenvalue weighted by atomic mass is 32.2. The Balaban J connectivity index is 1.61. The molecular formula is C11H17N3O2S. The van der Waals surface area contributed by atoms with Crippen molar-refractivity contribution in [3.63, 3.8) is 0 Å². The summed E-state index contributed by atoms with van der Waals surface area (Å²) in [7, 11) is -3.39. The highest BCUT2D eigenvalue weighted by molar-refractivity contribution is 7.89. The molecule has 0 amide bonds. The van der Waals surface area contributed by atoms with E-state index in [9.17, 15) is 8.42 Å². The molecule has 2 fully saturated rings. The molecule has 1 aromatic rings. The lowest BCUT2D eigenvalue weighted by Gasteiger charge is -2.21. The van der Waals surface area contributed by atoms with Crippen LogP contribution in [-0.2, 0) is 10.0 Å². The number of nitrogens with one attached hydrogen (secondary N) is 2. The minimum Gasteiger partial charge on any atom is -0.266 e. The Morgan fingerprint density at radius 3 is 2.88 bits per heavy atom. The molecule has 17 heavy (non-hydrogen) atoms. The number of hydrogen-bond donors (Lipinski definition) is 2. The Bertz CT molecular complexity index is 483. The zero-order valence-corrected chi connectivity index (χ0v) is 10.4. The van der Waals surface area contributed by atoms with E-state index in [-0.39, 0.29) is 5.03 Å². The van der Waals surface area contributed by atoms with Crippen LogP contribution in [0, 0.1) is 17.8 Å². The molecule has 94 valence electrons. The first-order valence-electron chi connectivity index (χ1n) is 6.14. The van der Waals surface area contributed by atoms with Gasteiger partial charge >= 0.3 is 0 Å². The molecule has 1 heterocycles. The number of sulfonamides is 1. The van der Waals surface area contributed by atoms with Crippen LogP contribution in [0.5, 0.6) is 0 Å². The minimum atomic E-state index is -3.39. The molecule has 2 aliphatic rings. The molecule has 2 N–H and O–H groups in total. The predicted molar refractivity (Wildman–Crippen MR) is 62.7 cm³/mol. The number of aromatic nitrogens is 2. The van der Waals surface area contributed by atoms with E-state index in [2.05, 4.69) is 14.9 Å². The molecule has 0 aromatic carbocycles. The van der Waals surface area contributed by atoms with E-state index < -0.39 is 10.0 Å². The second-order valence-corrected chi connectivity index (χ2v) is 6.94. The van der Waals surface area contributed by atoms with Gasteiger partial charge in [-0.2, -0.15) is 5.10 Å². The molecule has 6 heteroatoms. The van der Waals surface area contributed by atoms with Crippen molar-refractivity contribution in [1.82, 2.24) is 14.9 Å². The van der Waals surface area contributed by atoms with Gasteiger partial charge in [-0.05, 0) is 43.1 Å². The van der Waals surface area contributed by atoms with Crippen molar-refractivity contribution in [3.05, 3.63) is 12.3 Å². The van der Waals surface area contributed by atoms with Crippen LogP contribution in [0.4, 0.5) is 0 Å². The zero-order valence-electron chi connectivity index (χ0n) is 9.59. The number of fused-ring (bicyclic) bond motifs is 2. The Kier molecular flexibility index (Phi) is 2.71. The van der Waals surface area contributed by atoms with E-state index >= 15 is 0 Å². The maximum atomic E-state index is 11.9. The second-order valence-electron chi connectivity index (χ2n) is 5.21. The van der Waals surface area contributed by atoms with Gasteiger partial charge in [0.15, 0.2) is 5.03 Å². The fourth-order valence-electron chi connectivity index (χ4n) is 3.31. The number of rotatable bonds is 4. The van der Waals surface area contributed by atoms with Crippen molar-refractivity contribution in [2.24, 2.45) is 17.8 Å². The van der Waals surface area contributed by atoms with Crippen molar-refractivity contribution >= 4 is 10.0 Å². The van der Waals surface area contributed by atoms with Crippen molar-refractivity contribution in [2.75, 3.05) is 6.54 Å². The monoisotopic (exact) mass is 255 g/mol. The van der Waals surface area contributed by atoms with Gasteiger partial charge in [-0.25, -0.2) is 13.1 Å². The third-order valence-electron chi connectivity index (χ3n) is 4.18. The number of nitrogens with zero attached hydrogens (tertiary/aromatic N) is 1. The SMILES string of the molecule is O=S(=O)(NCC1CC2CCC1C2)c1ccn[nH]1. The van der Waals surface area contributed by atoms with Crippen molar-refractivity contribution < 1.29 is 8.42 Å². The summed E-state index contributed by atoms with van der Waals surface area (Å²) in [6.07, 6.45) is 6.56. The van der Waals surface area contributed by atoms with E-state index in [0.29, 0.717) is 12.5 Å². The smallest absolute Gasteiger partial charge is 0.257 e. The summed E-state index contributed by atoms with van der Waals surface area (Å²) in [6.45, 7) is 0.572. The summed E-state index contributed by atoms with van der Waals surface area (Å²) in [5, 5.41) is 6.30. The lowest BCUT2D eigenvalue weighted by atomic mass is 9.89. The molecule has 0 spiro atoms. The van der Waals surface area contributed by atoms with Crippen LogP contribution in [0.2, 0.25) is 0 Å². The molecule has 0 radical (unpaired) electrons.